The Kier molecular flexibility index (Phi) is 5.53. The Labute approximate surface area is 131 Å². The van der Waals surface area contributed by atoms with Crippen molar-refractivity contribution in [3.63, 3.8) is 0 Å². The maximum atomic E-state index is 12.3. The standard InChI is InChI=1S/C16H25N3OS/c1-5-14-17-12-8-6-9-13(16(12)21-14)19(4)15(20)10-7-11-18(2)3/h7,10,13H,5-6,8-9,11H2,1-4H3/b10-7+. The predicted molar refractivity (Wildman–Crippen MR) is 87.6 cm³/mol. The Morgan fingerprint density at radius 2 is 2.19 bits per heavy atom. The molecule has 0 saturated heterocycles. The fourth-order valence-electron chi connectivity index (χ4n) is 2.60. The molecule has 1 aliphatic rings. The van der Waals surface area contributed by atoms with Gasteiger partial charge >= 0.3 is 0 Å². The molecule has 0 spiro atoms. The van der Waals surface area contributed by atoms with E-state index in [9.17, 15) is 4.79 Å². The topological polar surface area (TPSA) is 36.4 Å². The second-order valence-corrected chi connectivity index (χ2v) is 6.91. The minimum absolute atomic E-state index is 0.0844. The van der Waals surface area contributed by atoms with Crippen LogP contribution in [0.15, 0.2) is 12.2 Å². The number of thiazole rings is 1. The average Bonchev–Trinajstić information content (AvgIpc) is 2.88. The van der Waals surface area contributed by atoms with E-state index in [0.717, 1.165) is 32.2 Å². The summed E-state index contributed by atoms with van der Waals surface area (Å²) in [5.41, 5.74) is 1.21. The van der Waals surface area contributed by atoms with Gasteiger partial charge in [-0.1, -0.05) is 13.0 Å². The second-order valence-electron chi connectivity index (χ2n) is 5.79. The molecule has 0 N–H and O–H groups in total. The SMILES string of the molecule is CCc1nc2c(s1)C(N(C)C(=O)/C=C/CN(C)C)CCC2. The van der Waals surface area contributed by atoms with E-state index in [1.54, 1.807) is 17.4 Å². The largest absolute Gasteiger partial charge is 0.334 e. The molecule has 116 valence electrons. The minimum Gasteiger partial charge on any atom is -0.334 e. The number of hydrogen-bond acceptors (Lipinski definition) is 4. The van der Waals surface area contributed by atoms with Crippen LogP contribution in [0, 0.1) is 0 Å². The monoisotopic (exact) mass is 307 g/mol. The summed E-state index contributed by atoms with van der Waals surface area (Å²) in [6.07, 6.45) is 7.81. The molecule has 0 aliphatic heterocycles. The number of rotatable bonds is 5. The molecule has 0 fully saturated rings. The summed E-state index contributed by atoms with van der Waals surface area (Å²) < 4.78 is 0. The van der Waals surface area contributed by atoms with Gasteiger partial charge in [-0.15, -0.1) is 11.3 Å². The Balaban J connectivity index is 2.10. The number of aromatic nitrogens is 1. The van der Waals surface area contributed by atoms with Gasteiger partial charge in [0, 0.05) is 19.7 Å². The van der Waals surface area contributed by atoms with Gasteiger partial charge in [0.25, 0.3) is 0 Å². The van der Waals surface area contributed by atoms with E-state index in [1.165, 1.54) is 15.6 Å². The van der Waals surface area contributed by atoms with Crippen LogP contribution in [0.25, 0.3) is 0 Å². The van der Waals surface area contributed by atoms with Crippen LogP contribution >= 0.6 is 11.3 Å². The molecule has 1 aromatic heterocycles. The molecule has 0 aromatic carbocycles. The van der Waals surface area contributed by atoms with Crippen molar-refractivity contribution in [3.05, 3.63) is 27.7 Å². The molecule has 0 saturated carbocycles. The molecule has 0 bridgehead atoms. The van der Waals surface area contributed by atoms with Crippen molar-refractivity contribution in [3.8, 4) is 0 Å². The molecular weight excluding hydrogens is 282 g/mol. The first kappa shape index (κ1) is 16.2. The first-order valence-electron chi connectivity index (χ1n) is 7.59. The van der Waals surface area contributed by atoms with Gasteiger partial charge < -0.3 is 9.80 Å². The van der Waals surface area contributed by atoms with Crippen molar-refractivity contribution >= 4 is 17.2 Å². The first-order chi connectivity index (χ1) is 10.0. The maximum absolute atomic E-state index is 12.3. The van der Waals surface area contributed by atoms with Gasteiger partial charge in [0.2, 0.25) is 5.91 Å². The van der Waals surface area contributed by atoms with Crippen LogP contribution in [0.1, 0.15) is 41.4 Å². The third-order valence-electron chi connectivity index (χ3n) is 3.81. The zero-order chi connectivity index (χ0) is 15.4. The van der Waals surface area contributed by atoms with Crippen LogP contribution in [0.3, 0.4) is 0 Å². The third kappa shape index (κ3) is 3.92. The van der Waals surface area contributed by atoms with Gasteiger partial charge in [0.05, 0.1) is 21.6 Å². The smallest absolute Gasteiger partial charge is 0.246 e. The Morgan fingerprint density at radius 1 is 1.43 bits per heavy atom. The summed E-state index contributed by atoms with van der Waals surface area (Å²) in [5.74, 6) is 0.0844. The molecule has 5 heteroatoms. The number of nitrogens with zero attached hydrogens (tertiary/aromatic N) is 3. The molecule has 4 nitrogen and oxygen atoms in total. The van der Waals surface area contributed by atoms with Gasteiger partial charge in [-0.05, 0) is 39.8 Å². The fraction of sp³-hybridized carbons (Fsp3) is 0.625. The van der Waals surface area contributed by atoms with Gasteiger partial charge in [0.1, 0.15) is 0 Å². The Hall–Kier alpha value is -1.20. The molecule has 2 rings (SSSR count). The van der Waals surface area contributed by atoms with Gasteiger partial charge in [-0.3, -0.25) is 4.79 Å². The number of hydrogen-bond donors (Lipinski definition) is 0. The number of aryl methyl sites for hydroxylation is 2. The van der Waals surface area contributed by atoms with Crippen molar-refractivity contribution in [2.45, 2.75) is 38.6 Å². The lowest BCUT2D eigenvalue weighted by Gasteiger charge is -2.30. The fourth-order valence-corrected chi connectivity index (χ4v) is 3.84. The van der Waals surface area contributed by atoms with Gasteiger partial charge in [-0.25, -0.2) is 4.98 Å². The second kappa shape index (κ2) is 7.18. The van der Waals surface area contributed by atoms with E-state index in [4.69, 9.17) is 4.98 Å². The Morgan fingerprint density at radius 3 is 2.86 bits per heavy atom. The lowest BCUT2D eigenvalue weighted by atomic mass is 9.97. The summed E-state index contributed by atoms with van der Waals surface area (Å²) in [6.45, 7) is 2.92. The summed E-state index contributed by atoms with van der Waals surface area (Å²) >= 11 is 1.78. The number of fused-ring (bicyclic) bond motifs is 1. The van der Waals surface area contributed by atoms with E-state index in [2.05, 4.69) is 6.92 Å². The molecule has 1 heterocycles. The van der Waals surface area contributed by atoms with Crippen LogP contribution in [-0.4, -0.2) is 48.4 Å². The summed E-state index contributed by atoms with van der Waals surface area (Å²) in [5, 5.41) is 1.19. The van der Waals surface area contributed by atoms with Crippen LogP contribution in [0.2, 0.25) is 0 Å². The molecule has 1 atom stereocenters. The van der Waals surface area contributed by atoms with E-state index >= 15 is 0 Å². The van der Waals surface area contributed by atoms with Gasteiger partial charge in [-0.2, -0.15) is 0 Å². The predicted octanol–water partition coefficient (Wildman–Crippen LogP) is 2.66. The van der Waals surface area contributed by atoms with Crippen molar-refractivity contribution in [1.29, 1.82) is 0 Å². The third-order valence-corrected chi connectivity index (χ3v) is 5.16. The van der Waals surface area contributed by atoms with E-state index in [1.807, 2.05) is 37.0 Å². The Bertz CT molecular complexity index is 522. The molecule has 1 unspecified atom stereocenters. The van der Waals surface area contributed by atoms with Crippen LogP contribution < -0.4 is 0 Å². The van der Waals surface area contributed by atoms with Crippen LogP contribution in [-0.2, 0) is 17.6 Å². The number of amides is 1. The van der Waals surface area contributed by atoms with Crippen molar-refractivity contribution in [2.24, 2.45) is 0 Å². The minimum atomic E-state index is 0.0844. The van der Waals surface area contributed by atoms with E-state index in [0.29, 0.717) is 0 Å². The highest BCUT2D eigenvalue weighted by molar-refractivity contribution is 7.11. The average molecular weight is 307 g/mol. The van der Waals surface area contributed by atoms with Crippen LogP contribution in [0.5, 0.6) is 0 Å². The van der Waals surface area contributed by atoms with Gasteiger partial charge in [0.15, 0.2) is 0 Å². The molecule has 1 amide bonds. The molecule has 1 aromatic rings. The first-order valence-corrected chi connectivity index (χ1v) is 8.41. The molecule has 0 radical (unpaired) electrons. The van der Waals surface area contributed by atoms with Crippen molar-refractivity contribution in [1.82, 2.24) is 14.8 Å². The number of likely N-dealkylation sites (N-methyl/N-ethyl adjacent to an activating group) is 2. The normalized spacial score (nSPS) is 18.2. The number of carbonyl (C=O) groups excluding carboxylic acids is 1. The lowest BCUT2D eigenvalue weighted by Crippen LogP contribution is -2.31. The molecule has 1 aliphatic carbocycles. The highest BCUT2D eigenvalue weighted by Crippen LogP contribution is 2.37. The summed E-state index contributed by atoms with van der Waals surface area (Å²) in [4.78, 5) is 22.2. The lowest BCUT2D eigenvalue weighted by molar-refractivity contribution is -0.127. The zero-order valence-electron chi connectivity index (χ0n) is 13.4. The highest BCUT2D eigenvalue weighted by atomic mass is 32.1. The molecule has 21 heavy (non-hydrogen) atoms. The van der Waals surface area contributed by atoms with Crippen LogP contribution in [0.4, 0.5) is 0 Å². The summed E-state index contributed by atoms with van der Waals surface area (Å²) in [7, 11) is 5.90. The zero-order valence-corrected chi connectivity index (χ0v) is 14.2. The van der Waals surface area contributed by atoms with Crippen molar-refractivity contribution < 1.29 is 4.79 Å². The summed E-state index contributed by atoms with van der Waals surface area (Å²) in [6, 6.07) is 0.197. The van der Waals surface area contributed by atoms with Crippen molar-refractivity contribution in [2.75, 3.05) is 27.7 Å². The molecular formula is C16H25N3OS. The highest BCUT2D eigenvalue weighted by Gasteiger charge is 2.28. The van der Waals surface area contributed by atoms with E-state index in [-0.39, 0.29) is 11.9 Å². The quantitative estimate of drug-likeness (QED) is 0.785. The maximum Gasteiger partial charge on any atom is 0.246 e. The number of carbonyl (C=O) groups is 1. The van der Waals surface area contributed by atoms with E-state index < -0.39 is 0 Å².